The van der Waals surface area contributed by atoms with E-state index in [0.29, 0.717) is 0 Å². The van der Waals surface area contributed by atoms with Gasteiger partial charge in [0, 0.05) is 50.6 Å². The maximum atomic E-state index is 4.35. The van der Waals surface area contributed by atoms with Crippen LogP contribution in [0.2, 0.25) is 0 Å². The van der Waals surface area contributed by atoms with Gasteiger partial charge in [-0.1, -0.05) is 29.0 Å². The summed E-state index contributed by atoms with van der Waals surface area (Å²) in [5.41, 5.74) is 3.02. The Morgan fingerprint density at radius 1 is 0.952 bits per heavy atom. The average Bonchev–Trinajstić information content (AvgIpc) is 2.54. The third-order valence-corrected chi connectivity index (χ3v) is 3.43. The van der Waals surface area contributed by atoms with Crippen LogP contribution in [0.1, 0.15) is 0 Å². The topological polar surface area (TPSA) is 25.8 Å². The quantitative estimate of drug-likeness (QED) is 0.488. The van der Waals surface area contributed by atoms with Gasteiger partial charge in [-0.2, -0.15) is 12.1 Å². The zero-order valence-electron chi connectivity index (χ0n) is 11.2. The fourth-order valence-electron chi connectivity index (χ4n) is 2.43. The zero-order valence-corrected chi connectivity index (χ0v) is 14.1. The summed E-state index contributed by atoms with van der Waals surface area (Å²) in [6.07, 6.45) is 5.39. The number of nitrogens with zero attached hydrogens (tertiary/aromatic N) is 2. The van der Waals surface area contributed by atoms with Gasteiger partial charge in [0.05, 0.1) is 0 Å². The molecule has 0 N–H and O–H groups in total. The first kappa shape index (κ1) is 14.3. The molecule has 4 aromatic rings. The number of hydrogen-bond acceptors (Lipinski definition) is 2. The molecule has 2 aromatic carbocycles. The standard InChI is InChI=1S/C18H10N2.Y/c1-2-4-18-17(3-1)16(8-10-20-18)14-6-5-13-7-9-19-12-15(13)11-14;/h1-5,7,9-12H;/q-2;. The second kappa shape index (κ2) is 6.01. The summed E-state index contributed by atoms with van der Waals surface area (Å²) in [5, 5.41) is 3.34. The van der Waals surface area contributed by atoms with Crippen LogP contribution in [0.4, 0.5) is 0 Å². The normalized spacial score (nSPS) is 10.5. The van der Waals surface area contributed by atoms with E-state index in [4.69, 9.17) is 0 Å². The van der Waals surface area contributed by atoms with E-state index >= 15 is 0 Å². The van der Waals surface area contributed by atoms with Crippen molar-refractivity contribution in [1.82, 2.24) is 9.97 Å². The summed E-state index contributed by atoms with van der Waals surface area (Å²) in [6, 6.07) is 20.7. The van der Waals surface area contributed by atoms with Gasteiger partial charge in [-0.05, 0) is 12.3 Å². The number of pyridine rings is 2. The van der Waals surface area contributed by atoms with Gasteiger partial charge in [-0.25, -0.2) is 12.1 Å². The van der Waals surface area contributed by atoms with Gasteiger partial charge >= 0.3 is 0 Å². The molecule has 97 valence electrons. The van der Waals surface area contributed by atoms with Gasteiger partial charge in [-0.15, -0.1) is 11.5 Å². The Labute approximate surface area is 148 Å². The van der Waals surface area contributed by atoms with Crippen molar-refractivity contribution >= 4 is 21.7 Å². The molecule has 0 saturated carbocycles. The van der Waals surface area contributed by atoms with Crippen molar-refractivity contribution in [3.8, 4) is 11.1 Å². The molecule has 0 aliphatic heterocycles. The number of hydrogen-bond donors (Lipinski definition) is 0. The van der Waals surface area contributed by atoms with Gasteiger partial charge in [0.15, 0.2) is 0 Å². The monoisotopic (exact) mass is 343 g/mol. The van der Waals surface area contributed by atoms with E-state index in [0.717, 1.165) is 32.8 Å². The van der Waals surface area contributed by atoms with Crippen molar-refractivity contribution in [2.75, 3.05) is 0 Å². The maximum absolute atomic E-state index is 4.35. The van der Waals surface area contributed by atoms with E-state index in [9.17, 15) is 0 Å². The molecule has 0 bridgehead atoms. The summed E-state index contributed by atoms with van der Waals surface area (Å²) >= 11 is 0. The van der Waals surface area contributed by atoms with Crippen LogP contribution in [-0.4, -0.2) is 9.97 Å². The summed E-state index contributed by atoms with van der Waals surface area (Å²) in [4.78, 5) is 8.52. The molecule has 1 radical (unpaired) electrons. The predicted octanol–water partition coefficient (Wildman–Crippen LogP) is 4.05. The molecule has 0 aliphatic rings. The second-order valence-electron chi connectivity index (χ2n) is 4.65. The van der Waals surface area contributed by atoms with Crippen molar-refractivity contribution < 1.29 is 32.7 Å². The molecule has 0 saturated heterocycles. The average molecular weight is 343 g/mol. The van der Waals surface area contributed by atoms with Crippen LogP contribution in [-0.2, 0) is 32.7 Å². The molecule has 0 aliphatic carbocycles. The SMILES string of the molecule is [Y].[c-]1cc2ccncc2cc1-c1[c-]cnc2ccccc12. The van der Waals surface area contributed by atoms with Gasteiger partial charge in [0.1, 0.15) is 0 Å². The molecule has 0 fully saturated rings. The van der Waals surface area contributed by atoms with Crippen LogP contribution < -0.4 is 0 Å². The van der Waals surface area contributed by atoms with Crippen molar-refractivity contribution in [3.63, 3.8) is 0 Å². The van der Waals surface area contributed by atoms with E-state index in [1.165, 1.54) is 0 Å². The van der Waals surface area contributed by atoms with E-state index in [1.54, 1.807) is 12.4 Å². The molecule has 0 atom stereocenters. The molecule has 2 nitrogen and oxygen atoms in total. The van der Waals surface area contributed by atoms with Crippen LogP contribution in [0.3, 0.4) is 0 Å². The van der Waals surface area contributed by atoms with Crippen LogP contribution in [0, 0.1) is 12.1 Å². The Hall–Kier alpha value is -1.64. The number of aromatic nitrogens is 2. The molecule has 2 heterocycles. The number of rotatable bonds is 1. The van der Waals surface area contributed by atoms with Crippen LogP contribution >= 0.6 is 0 Å². The summed E-state index contributed by atoms with van der Waals surface area (Å²) in [6.45, 7) is 0. The van der Waals surface area contributed by atoms with Crippen molar-refractivity contribution in [2.24, 2.45) is 0 Å². The smallest absolute Gasteiger partial charge is 0.0181 e. The van der Waals surface area contributed by atoms with E-state index in [-0.39, 0.29) is 32.7 Å². The Bertz CT molecular complexity index is 913. The minimum absolute atomic E-state index is 0. The Kier molecular flexibility index (Phi) is 4.09. The third kappa shape index (κ3) is 2.62. The first-order valence-corrected chi connectivity index (χ1v) is 6.43. The number of fused-ring (bicyclic) bond motifs is 2. The molecular formula is C18H10N2Y-2. The molecule has 4 rings (SSSR count). The molecular weight excluding hydrogens is 333 g/mol. The number of benzene rings is 2. The second-order valence-corrected chi connectivity index (χ2v) is 4.65. The number of para-hydroxylation sites is 1. The van der Waals surface area contributed by atoms with Crippen molar-refractivity contribution in [3.05, 3.63) is 73.2 Å². The van der Waals surface area contributed by atoms with Gasteiger partial charge < -0.3 is 0 Å². The fraction of sp³-hybridized carbons (Fsp3) is 0. The van der Waals surface area contributed by atoms with Crippen LogP contribution in [0.15, 0.2) is 61.1 Å². The molecule has 0 unspecified atom stereocenters. The first-order chi connectivity index (χ1) is 9.92. The molecule has 0 spiro atoms. The summed E-state index contributed by atoms with van der Waals surface area (Å²) < 4.78 is 0. The Balaban J connectivity index is 0.00000132. The zero-order chi connectivity index (χ0) is 13.4. The summed E-state index contributed by atoms with van der Waals surface area (Å²) in [5.74, 6) is 0. The minimum atomic E-state index is 0. The first-order valence-electron chi connectivity index (χ1n) is 6.43. The predicted molar refractivity (Wildman–Crippen MR) is 80.2 cm³/mol. The fourth-order valence-corrected chi connectivity index (χ4v) is 2.43. The summed E-state index contributed by atoms with van der Waals surface area (Å²) in [7, 11) is 0. The molecule has 21 heavy (non-hydrogen) atoms. The largest absolute Gasteiger partial charge is 0.285 e. The van der Waals surface area contributed by atoms with Gasteiger partial charge in [0.2, 0.25) is 0 Å². The Morgan fingerprint density at radius 2 is 1.86 bits per heavy atom. The van der Waals surface area contributed by atoms with Crippen molar-refractivity contribution in [2.45, 2.75) is 0 Å². The van der Waals surface area contributed by atoms with E-state index < -0.39 is 0 Å². The van der Waals surface area contributed by atoms with E-state index in [1.807, 2.05) is 36.5 Å². The maximum Gasteiger partial charge on any atom is 0.0181 e. The van der Waals surface area contributed by atoms with E-state index in [2.05, 4.69) is 34.2 Å². The minimum Gasteiger partial charge on any atom is -0.285 e. The Morgan fingerprint density at radius 3 is 2.81 bits per heavy atom. The third-order valence-electron chi connectivity index (χ3n) is 3.43. The van der Waals surface area contributed by atoms with Crippen LogP contribution in [0.5, 0.6) is 0 Å². The molecule has 3 heteroatoms. The van der Waals surface area contributed by atoms with Crippen molar-refractivity contribution in [1.29, 1.82) is 0 Å². The molecule has 2 aromatic heterocycles. The van der Waals surface area contributed by atoms with Gasteiger partial charge in [-0.3, -0.25) is 21.1 Å². The van der Waals surface area contributed by atoms with Gasteiger partial charge in [0.25, 0.3) is 0 Å². The van der Waals surface area contributed by atoms with Crippen LogP contribution in [0.25, 0.3) is 32.8 Å². The molecule has 0 amide bonds.